The molecule has 0 saturated carbocycles. The number of fused-ring (bicyclic) bond motifs is 9. The Morgan fingerprint density at radius 3 is 1.11 bits per heavy atom. The number of furan rings is 3. The van der Waals surface area contributed by atoms with E-state index < -0.39 is 0 Å². The van der Waals surface area contributed by atoms with Gasteiger partial charge in [0.05, 0.1) is 18.8 Å². The molecule has 0 atom stereocenters. The summed E-state index contributed by atoms with van der Waals surface area (Å²) >= 11 is 3.68. The van der Waals surface area contributed by atoms with Crippen molar-refractivity contribution in [3.05, 3.63) is 218 Å². The lowest BCUT2D eigenvalue weighted by atomic mass is 10.0. The van der Waals surface area contributed by atoms with Gasteiger partial charge in [0.25, 0.3) is 0 Å². The third-order valence-corrected chi connectivity index (χ3v) is 16.0. The second kappa shape index (κ2) is 16.0. The molecule has 0 fully saturated rings. The zero-order valence-electron chi connectivity index (χ0n) is 38.1. The molecule has 70 heavy (non-hydrogen) atoms. The van der Waals surface area contributed by atoms with Crippen LogP contribution in [0.1, 0.15) is 5.56 Å². The Hall–Kier alpha value is -8.56. The minimum absolute atomic E-state index is 0.863. The molecule has 0 amide bonds. The van der Waals surface area contributed by atoms with Crippen molar-refractivity contribution in [1.82, 2.24) is 0 Å². The number of rotatable bonds is 9. The first kappa shape index (κ1) is 40.5. The van der Waals surface area contributed by atoms with Gasteiger partial charge in [-0.05, 0) is 182 Å². The summed E-state index contributed by atoms with van der Waals surface area (Å²) in [5, 5.41) is 8.23. The van der Waals surface area contributed by atoms with Crippen LogP contribution in [-0.2, 0) is 0 Å². The Bertz CT molecular complexity index is 4310. The molecule has 0 spiro atoms. The lowest BCUT2D eigenvalue weighted by molar-refractivity contribution is 0.615. The van der Waals surface area contributed by atoms with Crippen LogP contribution >= 0.6 is 22.7 Å². The van der Waals surface area contributed by atoms with Gasteiger partial charge in [-0.25, -0.2) is 0 Å². The maximum atomic E-state index is 5.79. The Kier molecular flexibility index (Phi) is 9.27. The zero-order valence-corrected chi connectivity index (χ0v) is 39.7. The SMILES string of the molecule is Cc1ccc2sc3ccc(N(c4ccc(-c5ccc(N(c6ccc7occc7c6)c6ccc7sc8ccc(N(C)c9ccc%10occc%10c9)cc8c7c6)cc5)cc4)c4ccc5occc5c4)cc3c2c1. The molecule has 5 aromatic heterocycles. The Labute approximate surface area is 410 Å². The molecular formula is C62H41N3O3S2. The quantitative estimate of drug-likeness (QED) is 0.144. The van der Waals surface area contributed by atoms with Crippen molar-refractivity contribution in [3.63, 3.8) is 0 Å². The number of benzene rings is 9. The summed E-state index contributed by atoms with van der Waals surface area (Å²) in [6.07, 6.45) is 5.26. The molecule has 14 rings (SSSR count). The predicted molar refractivity (Wildman–Crippen MR) is 296 cm³/mol. The van der Waals surface area contributed by atoms with Crippen LogP contribution in [0.3, 0.4) is 0 Å². The van der Waals surface area contributed by atoms with Gasteiger partial charge in [0.15, 0.2) is 0 Å². The summed E-state index contributed by atoms with van der Waals surface area (Å²) in [6, 6.07) is 70.3. The average molecular weight is 940 g/mol. The fraction of sp³-hybridized carbons (Fsp3) is 0.0323. The van der Waals surface area contributed by atoms with Crippen LogP contribution in [0, 0.1) is 6.92 Å². The second-order valence-electron chi connectivity index (χ2n) is 18.0. The summed E-state index contributed by atoms with van der Waals surface area (Å²) in [5.41, 5.74) is 14.8. The van der Waals surface area contributed by atoms with Crippen molar-refractivity contribution in [2.45, 2.75) is 6.92 Å². The fourth-order valence-electron chi connectivity index (χ4n) is 10.1. The molecule has 6 nitrogen and oxygen atoms in total. The molecule has 0 bridgehead atoms. The van der Waals surface area contributed by atoms with Gasteiger partial charge in [-0.3, -0.25) is 0 Å². The third kappa shape index (κ3) is 6.83. The summed E-state index contributed by atoms with van der Waals surface area (Å²) in [6.45, 7) is 2.17. The van der Waals surface area contributed by atoms with Crippen molar-refractivity contribution in [1.29, 1.82) is 0 Å². The molecule has 0 aliphatic rings. The van der Waals surface area contributed by atoms with Crippen LogP contribution in [0.25, 0.3) is 84.4 Å². The molecule has 0 saturated heterocycles. The van der Waals surface area contributed by atoms with Crippen molar-refractivity contribution < 1.29 is 13.3 Å². The zero-order chi connectivity index (χ0) is 46.5. The minimum atomic E-state index is 0.863. The van der Waals surface area contributed by atoms with E-state index in [1.807, 2.05) is 46.9 Å². The maximum absolute atomic E-state index is 5.79. The van der Waals surface area contributed by atoms with E-state index in [4.69, 9.17) is 13.3 Å². The molecule has 334 valence electrons. The van der Waals surface area contributed by atoms with Gasteiger partial charge in [0.1, 0.15) is 16.7 Å². The van der Waals surface area contributed by atoms with Crippen LogP contribution in [0.5, 0.6) is 0 Å². The van der Waals surface area contributed by atoms with Crippen molar-refractivity contribution in [2.75, 3.05) is 21.7 Å². The first-order valence-corrected chi connectivity index (χ1v) is 24.9. The van der Waals surface area contributed by atoms with Gasteiger partial charge < -0.3 is 28.0 Å². The summed E-state index contributed by atoms with van der Waals surface area (Å²) in [4.78, 5) is 6.94. The van der Waals surface area contributed by atoms with E-state index in [0.29, 0.717) is 0 Å². The van der Waals surface area contributed by atoms with Gasteiger partial charge in [0.2, 0.25) is 0 Å². The largest absolute Gasteiger partial charge is 0.464 e. The molecule has 5 heterocycles. The summed E-state index contributed by atoms with van der Waals surface area (Å²) < 4.78 is 22.3. The number of hydrogen-bond acceptors (Lipinski definition) is 8. The van der Waals surface area contributed by atoms with Gasteiger partial charge in [0, 0.05) is 109 Å². The lowest BCUT2D eigenvalue weighted by Gasteiger charge is -2.26. The Morgan fingerprint density at radius 1 is 0.314 bits per heavy atom. The van der Waals surface area contributed by atoms with E-state index in [2.05, 4.69) is 199 Å². The molecule has 0 N–H and O–H groups in total. The Morgan fingerprint density at radius 2 is 0.643 bits per heavy atom. The van der Waals surface area contributed by atoms with Crippen LogP contribution in [0.15, 0.2) is 226 Å². The van der Waals surface area contributed by atoms with E-state index in [9.17, 15) is 0 Å². The highest BCUT2D eigenvalue weighted by Gasteiger charge is 2.20. The van der Waals surface area contributed by atoms with Gasteiger partial charge in [-0.15, -0.1) is 22.7 Å². The summed E-state index contributed by atoms with van der Waals surface area (Å²) in [5.74, 6) is 0. The molecular weight excluding hydrogens is 899 g/mol. The van der Waals surface area contributed by atoms with E-state index in [0.717, 1.165) is 89.5 Å². The number of hydrogen-bond donors (Lipinski definition) is 0. The maximum Gasteiger partial charge on any atom is 0.133 e. The predicted octanol–water partition coefficient (Wildman–Crippen LogP) is 19.3. The number of aryl methyl sites for hydroxylation is 1. The van der Waals surface area contributed by atoms with Crippen molar-refractivity contribution >= 4 is 141 Å². The molecule has 0 radical (unpaired) electrons. The molecule has 9 aromatic carbocycles. The topological polar surface area (TPSA) is 49.1 Å². The first-order valence-electron chi connectivity index (χ1n) is 23.3. The normalized spacial score (nSPS) is 11.9. The lowest BCUT2D eigenvalue weighted by Crippen LogP contribution is -2.10. The average Bonchev–Trinajstić information content (AvgIpc) is 4.27. The van der Waals surface area contributed by atoms with Crippen LogP contribution in [0.4, 0.5) is 45.5 Å². The first-order chi connectivity index (χ1) is 34.4. The second-order valence-corrected chi connectivity index (χ2v) is 20.2. The highest BCUT2D eigenvalue weighted by molar-refractivity contribution is 7.26. The Balaban J connectivity index is 0.823. The van der Waals surface area contributed by atoms with Crippen LogP contribution < -0.4 is 14.7 Å². The molecule has 0 unspecified atom stereocenters. The fourth-order valence-corrected chi connectivity index (χ4v) is 12.3. The molecule has 0 aliphatic carbocycles. The third-order valence-electron chi connectivity index (χ3n) is 13.7. The van der Waals surface area contributed by atoms with Crippen molar-refractivity contribution in [2.24, 2.45) is 0 Å². The van der Waals surface area contributed by atoms with E-state index in [1.54, 1.807) is 18.8 Å². The standard InChI is InChI=1S/C62H41N3O3S2/c1-38-3-21-59-52(31-38)54-36-50(16-23-61(54)69-59)64(48-13-19-57-42(33-48)26-29-67-57)44-8-4-39(5-9-44)40-6-10-45(11-7-40)65(49-14-20-58-43(34-49)27-30-68-58)51-17-24-62-55(37-51)53-35-47(15-22-60(53)70-62)63(2)46-12-18-56-41(32-46)25-28-66-56/h3-37H,1-2H3. The molecule has 14 aromatic rings. The molecule has 0 aliphatic heterocycles. The monoisotopic (exact) mass is 939 g/mol. The van der Waals surface area contributed by atoms with Gasteiger partial charge >= 0.3 is 0 Å². The smallest absolute Gasteiger partial charge is 0.133 e. The van der Waals surface area contributed by atoms with E-state index in [1.165, 1.54) is 45.9 Å². The van der Waals surface area contributed by atoms with Crippen LogP contribution in [0.2, 0.25) is 0 Å². The minimum Gasteiger partial charge on any atom is -0.464 e. The molecule has 8 heteroatoms. The van der Waals surface area contributed by atoms with Crippen molar-refractivity contribution in [3.8, 4) is 11.1 Å². The number of anilines is 8. The highest BCUT2D eigenvalue weighted by atomic mass is 32.1. The van der Waals surface area contributed by atoms with E-state index >= 15 is 0 Å². The van der Waals surface area contributed by atoms with Crippen LogP contribution in [-0.4, -0.2) is 7.05 Å². The van der Waals surface area contributed by atoms with Gasteiger partial charge in [-0.1, -0.05) is 35.9 Å². The number of thiophene rings is 2. The van der Waals surface area contributed by atoms with Gasteiger partial charge in [-0.2, -0.15) is 0 Å². The van der Waals surface area contributed by atoms with E-state index in [-0.39, 0.29) is 0 Å². The number of nitrogens with zero attached hydrogens (tertiary/aromatic N) is 3. The highest BCUT2D eigenvalue weighted by Crippen LogP contribution is 2.45. The summed E-state index contributed by atoms with van der Waals surface area (Å²) in [7, 11) is 2.13.